The van der Waals surface area contributed by atoms with Gasteiger partial charge in [0.2, 0.25) is 0 Å². The molecule has 5 nitrogen and oxygen atoms in total. The third kappa shape index (κ3) is 3.06. The van der Waals surface area contributed by atoms with Crippen molar-refractivity contribution in [2.45, 2.75) is 20.4 Å². The number of hydrogen-bond acceptors (Lipinski definition) is 5. The molecular weight excluding hydrogens is 396 g/mol. The zero-order chi connectivity index (χ0) is 20.8. The van der Waals surface area contributed by atoms with Gasteiger partial charge >= 0.3 is 5.63 Å². The minimum absolute atomic E-state index is 0.120. The largest absolute Gasteiger partial charge is 0.423 e. The molecule has 0 bridgehead atoms. The van der Waals surface area contributed by atoms with Gasteiger partial charge in [-0.1, -0.05) is 30.3 Å². The molecule has 30 heavy (non-hydrogen) atoms. The van der Waals surface area contributed by atoms with E-state index in [0.29, 0.717) is 15.8 Å². The fourth-order valence-corrected chi connectivity index (χ4v) is 4.61. The molecule has 5 rings (SSSR count). The van der Waals surface area contributed by atoms with Crippen LogP contribution in [0, 0.1) is 13.8 Å². The Morgan fingerprint density at radius 3 is 2.60 bits per heavy atom. The number of thiophene rings is 1. The van der Waals surface area contributed by atoms with E-state index in [-0.39, 0.29) is 12.1 Å². The second-order valence-corrected chi connectivity index (χ2v) is 8.25. The van der Waals surface area contributed by atoms with Crippen molar-refractivity contribution in [3.8, 4) is 11.1 Å². The van der Waals surface area contributed by atoms with Crippen LogP contribution >= 0.6 is 11.3 Å². The van der Waals surface area contributed by atoms with Crippen molar-refractivity contribution in [1.82, 2.24) is 9.55 Å². The lowest BCUT2D eigenvalue weighted by Gasteiger charge is -2.10. The quantitative estimate of drug-likeness (QED) is 0.394. The Hall–Kier alpha value is -3.51. The molecule has 0 amide bonds. The maximum absolute atomic E-state index is 13.4. The van der Waals surface area contributed by atoms with Crippen LogP contribution in [0.15, 0.2) is 74.2 Å². The van der Waals surface area contributed by atoms with E-state index in [9.17, 15) is 9.59 Å². The molecule has 0 spiro atoms. The van der Waals surface area contributed by atoms with E-state index in [1.807, 2.05) is 61.7 Å². The van der Waals surface area contributed by atoms with E-state index in [1.54, 1.807) is 10.9 Å². The van der Waals surface area contributed by atoms with Crippen molar-refractivity contribution in [2.75, 3.05) is 0 Å². The van der Waals surface area contributed by atoms with E-state index >= 15 is 0 Å². The fraction of sp³-hybridized carbons (Fsp3) is 0.125. The highest BCUT2D eigenvalue weighted by molar-refractivity contribution is 7.17. The lowest BCUT2D eigenvalue weighted by molar-refractivity contribution is 0.557. The first-order chi connectivity index (χ1) is 14.5. The van der Waals surface area contributed by atoms with E-state index in [1.165, 1.54) is 17.4 Å². The van der Waals surface area contributed by atoms with Gasteiger partial charge in [-0.05, 0) is 48.2 Å². The molecule has 0 aliphatic rings. The maximum Gasteiger partial charge on any atom is 0.336 e. The van der Waals surface area contributed by atoms with Crippen LogP contribution in [-0.4, -0.2) is 9.55 Å². The summed E-state index contributed by atoms with van der Waals surface area (Å²) >= 11 is 1.46. The minimum atomic E-state index is -0.427. The van der Waals surface area contributed by atoms with Gasteiger partial charge in [0.15, 0.2) is 0 Å². The molecule has 0 radical (unpaired) electrons. The molecule has 0 unspecified atom stereocenters. The van der Waals surface area contributed by atoms with Crippen LogP contribution in [-0.2, 0) is 6.54 Å². The van der Waals surface area contributed by atoms with Crippen LogP contribution in [0.5, 0.6) is 0 Å². The van der Waals surface area contributed by atoms with Gasteiger partial charge in [-0.15, -0.1) is 11.3 Å². The highest BCUT2D eigenvalue weighted by Gasteiger charge is 2.15. The van der Waals surface area contributed by atoms with E-state index < -0.39 is 5.63 Å². The first kappa shape index (κ1) is 18.5. The predicted octanol–water partition coefficient (Wildman–Crippen LogP) is 4.90. The van der Waals surface area contributed by atoms with Crippen molar-refractivity contribution in [1.29, 1.82) is 0 Å². The van der Waals surface area contributed by atoms with Crippen LogP contribution in [0.3, 0.4) is 0 Å². The summed E-state index contributed by atoms with van der Waals surface area (Å²) in [5.74, 6) is 0. The van der Waals surface area contributed by atoms with E-state index in [0.717, 1.165) is 33.2 Å². The number of fused-ring (bicyclic) bond motifs is 2. The highest BCUT2D eigenvalue weighted by atomic mass is 32.1. The second-order valence-electron chi connectivity index (χ2n) is 7.40. The SMILES string of the molecule is Cc1cc2oc(=O)cc(Cn3cnc4scc(-c5ccccc5)c4c3=O)c2cc1C. The first-order valence-electron chi connectivity index (χ1n) is 9.57. The van der Waals surface area contributed by atoms with Gasteiger partial charge in [0.25, 0.3) is 5.56 Å². The van der Waals surface area contributed by atoms with Crippen LogP contribution in [0.1, 0.15) is 16.7 Å². The molecular formula is C24H18N2O3S. The van der Waals surface area contributed by atoms with Gasteiger partial charge in [-0.2, -0.15) is 0 Å². The van der Waals surface area contributed by atoms with Crippen LogP contribution in [0.25, 0.3) is 32.3 Å². The maximum atomic E-state index is 13.4. The molecule has 0 saturated heterocycles. The lowest BCUT2D eigenvalue weighted by Crippen LogP contribution is -2.21. The summed E-state index contributed by atoms with van der Waals surface area (Å²) in [7, 11) is 0. The molecule has 6 heteroatoms. The Morgan fingerprint density at radius 2 is 1.80 bits per heavy atom. The number of aryl methyl sites for hydroxylation is 2. The Kier molecular flexibility index (Phi) is 4.37. The van der Waals surface area contributed by atoms with E-state index in [4.69, 9.17) is 4.42 Å². The van der Waals surface area contributed by atoms with Gasteiger partial charge in [-0.3, -0.25) is 9.36 Å². The van der Waals surface area contributed by atoms with Crippen molar-refractivity contribution in [3.05, 3.63) is 97.7 Å². The molecule has 0 atom stereocenters. The average molecular weight is 414 g/mol. The third-order valence-corrected chi connectivity index (χ3v) is 6.32. The second kappa shape index (κ2) is 7.07. The Labute approximate surface area is 175 Å². The van der Waals surface area contributed by atoms with Crippen LogP contribution < -0.4 is 11.2 Å². The van der Waals surface area contributed by atoms with Crippen molar-refractivity contribution in [2.24, 2.45) is 0 Å². The lowest BCUT2D eigenvalue weighted by atomic mass is 10.0. The number of rotatable bonds is 3. The number of nitrogens with zero attached hydrogens (tertiary/aromatic N) is 2. The molecule has 3 aromatic heterocycles. The molecule has 0 saturated carbocycles. The highest BCUT2D eigenvalue weighted by Crippen LogP contribution is 2.30. The Morgan fingerprint density at radius 1 is 1.03 bits per heavy atom. The van der Waals surface area contributed by atoms with Crippen molar-refractivity contribution >= 4 is 32.5 Å². The van der Waals surface area contributed by atoms with Gasteiger partial charge in [0, 0.05) is 22.4 Å². The van der Waals surface area contributed by atoms with Gasteiger partial charge in [-0.25, -0.2) is 9.78 Å². The summed E-state index contributed by atoms with van der Waals surface area (Å²) in [5.41, 5.74) is 4.74. The normalized spacial score (nSPS) is 11.4. The molecule has 5 aromatic rings. The standard InChI is InChI=1S/C24H18N2O3S/c1-14-8-18-17(10-21(27)29-20(18)9-15(14)2)11-26-13-25-23-22(24(26)28)19(12-30-23)16-6-4-3-5-7-16/h3-10,12-13H,11H2,1-2H3. The Bertz CT molecular complexity index is 1530. The number of hydrogen-bond donors (Lipinski definition) is 0. The average Bonchev–Trinajstić information content (AvgIpc) is 3.17. The van der Waals surface area contributed by atoms with Gasteiger partial charge < -0.3 is 4.42 Å². The molecule has 2 aromatic carbocycles. The molecule has 0 N–H and O–H groups in total. The summed E-state index contributed by atoms with van der Waals surface area (Å²) < 4.78 is 6.94. The zero-order valence-corrected chi connectivity index (χ0v) is 17.3. The smallest absolute Gasteiger partial charge is 0.336 e. The molecule has 0 aliphatic carbocycles. The zero-order valence-electron chi connectivity index (χ0n) is 16.5. The van der Waals surface area contributed by atoms with Gasteiger partial charge in [0.05, 0.1) is 18.3 Å². The first-order valence-corrected chi connectivity index (χ1v) is 10.5. The van der Waals surface area contributed by atoms with Crippen LogP contribution in [0.2, 0.25) is 0 Å². The van der Waals surface area contributed by atoms with Crippen LogP contribution in [0.4, 0.5) is 0 Å². The molecule has 0 aliphatic heterocycles. The van der Waals surface area contributed by atoms with E-state index in [2.05, 4.69) is 4.98 Å². The van der Waals surface area contributed by atoms with Crippen molar-refractivity contribution < 1.29 is 4.42 Å². The third-order valence-electron chi connectivity index (χ3n) is 5.43. The number of benzene rings is 2. The fourth-order valence-electron chi connectivity index (χ4n) is 3.71. The summed E-state index contributed by atoms with van der Waals surface area (Å²) in [6, 6.07) is 15.1. The number of aromatic nitrogens is 2. The molecule has 148 valence electrons. The molecule has 3 heterocycles. The van der Waals surface area contributed by atoms with Gasteiger partial charge in [0.1, 0.15) is 10.4 Å². The molecule has 0 fully saturated rings. The predicted molar refractivity (Wildman–Crippen MR) is 120 cm³/mol. The summed E-state index contributed by atoms with van der Waals surface area (Å²) in [6.45, 7) is 4.24. The summed E-state index contributed by atoms with van der Waals surface area (Å²) in [4.78, 5) is 30.7. The summed E-state index contributed by atoms with van der Waals surface area (Å²) in [6.07, 6.45) is 1.55. The Balaban J connectivity index is 1.69. The monoisotopic (exact) mass is 414 g/mol. The topological polar surface area (TPSA) is 65.1 Å². The summed E-state index contributed by atoms with van der Waals surface area (Å²) in [5, 5.41) is 3.41. The van der Waals surface area contributed by atoms with Crippen molar-refractivity contribution in [3.63, 3.8) is 0 Å². The minimum Gasteiger partial charge on any atom is -0.423 e.